The van der Waals surface area contributed by atoms with Gasteiger partial charge in [-0.15, -0.1) is 12.6 Å². The third-order valence-corrected chi connectivity index (χ3v) is 1.20. The fraction of sp³-hybridized carbons (Fsp3) is 0.625. The molecular formula is C8H14O2S. The van der Waals surface area contributed by atoms with Crippen LogP contribution in [0.2, 0.25) is 0 Å². The van der Waals surface area contributed by atoms with Crippen molar-refractivity contribution in [3.63, 3.8) is 0 Å². The molecule has 0 aliphatic rings. The molecule has 0 spiro atoms. The van der Waals surface area contributed by atoms with Gasteiger partial charge in [0.25, 0.3) is 0 Å². The van der Waals surface area contributed by atoms with Crippen LogP contribution in [-0.4, -0.2) is 12.6 Å². The van der Waals surface area contributed by atoms with E-state index in [0.717, 1.165) is 12.8 Å². The van der Waals surface area contributed by atoms with Gasteiger partial charge < -0.3 is 4.74 Å². The number of hydrogen-bond acceptors (Lipinski definition) is 3. The lowest BCUT2D eigenvalue weighted by Gasteiger charge is -1.98. The Hall–Kier alpha value is -0.440. The molecule has 64 valence electrons. The highest BCUT2D eigenvalue weighted by Crippen LogP contribution is 1.98. The maximum Gasteiger partial charge on any atom is 0.331 e. The van der Waals surface area contributed by atoms with Crippen LogP contribution in [0.3, 0.4) is 0 Å². The number of rotatable bonds is 4. The second-order valence-electron chi connectivity index (χ2n) is 2.31. The lowest BCUT2D eigenvalue weighted by Crippen LogP contribution is -2.01. The molecule has 0 radical (unpaired) electrons. The number of carbonyl (C=O) groups excluding carboxylic acids is 1. The minimum Gasteiger partial charge on any atom is -0.463 e. The summed E-state index contributed by atoms with van der Waals surface area (Å²) in [5.41, 5.74) is 0. The zero-order valence-electron chi connectivity index (χ0n) is 6.96. The fourth-order valence-electron chi connectivity index (χ4n) is 0.529. The first-order valence-electron chi connectivity index (χ1n) is 3.70. The van der Waals surface area contributed by atoms with Gasteiger partial charge in [0.2, 0.25) is 0 Å². The maximum absolute atomic E-state index is 10.8. The van der Waals surface area contributed by atoms with E-state index in [1.807, 2.05) is 6.92 Å². The van der Waals surface area contributed by atoms with E-state index < -0.39 is 0 Å². The number of carbonyl (C=O) groups is 1. The number of esters is 1. The summed E-state index contributed by atoms with van der Waals surface area (Å²) in [6, 6.07) is 0. The molecule has 2 nitrogen and oxygen atoms in total. The summed E-state index contributed by atoms with van der Waals surface area (Å²) in [6.07, 6.45) is 3.33. The first-order chi connectivity index (χ1) is 5.16. The lowest BCUT2D eigenvalue weighted by molar-refractivity contribution is -0.137. The van der Waals surface area contributed by atoms with Crippen LogP contribution in [0.15, 0.2) is 11.0 Å². The van der Waals surface area contributed by atoms with Crippen LogP contribution in [0.1, 0.15) is 26.7 Å². The third kappa shape index (κ3) is 7.46. The van der Waals surface area contributed by atoms with Gasteiger partial charge in [-0.25, -0.2) is 4.79 Å². The van der Waals surface area contributed by atoms with Gasteiger partial charge in [-0.05, 0) is 18.2 Å². The first kappa shape index (κ1) is 10.6. The molecule has 0 heterocycles. The van der Waals surface area contributed by atoms with E-state index in [1.165, 1.54) is 6.08 Å². The quantitative estimate of drug-likeness (QED) is 0.306. The molecule has 0 rings (SSSR count). The van der Waals surface area contributed by atoms with Crippen molar-refractivity contribution in [3.8, 4) is 0 Å². The fourth-order valence-corrected chi connectivity index (χ4v) is 0.635. The Kier molecular flexibility index (Phi) is 6.03. The smallest absolute Gasteiger partial charge is 0.331 e. The minimum absolute atomic E-state index is 0.300. The van der Waals surface area contributed by atoms with Crippen molar-refractivity contribution >= 4 is 18.6 Å². The topological polar surface area (TPSA) is 26.3 Å². The molecule has 0 unspecified atom stereocenters. The molecule has 0 aliphatic heterocycles. The van der Waals surface area contributed by atoms with Crippen LogP contribution in [0.4, 0.5) is 0 Å². The van der Waals surface area contributed by atoms with Crippen molar-refractivity contribution in [2.24, 2.45) is 0 Å². The van der Waals surface area contributed by atoms with Crippen molar-refractivity contribution in [2.75, 3.05) is 6.61 Å². The Morgan fingerprint density at radius 2 is 2.27 bits per heavy atom. The van der Waals surface area contributed by atoms with Gasteiger partial charge in [-0.2, -0.15) is 0 Å². The summed E-state index contributed by atoms with van der Waals surface area (Å²) in [5.74, 6) is -0.300. The average molecular weight is 174 g/mol. The lowest BCUT2D eigenvalue weighted by atomic mass is 10.4. The van der Waals surface area contributed by atoms with E-state index >= 15 is 0 Å². The molecule has 0 fully saturated rings. The largest absolute Gasteiger partial charge is 0.463 e. The van der Waals surface area contributed by atoms with E-state index in [9.17, 15) is 4.79 Å². The van der Waals surface area contributed by atoms with E-state index in [1.54, 1.807) is 6.92 Å². The van der Waals surface area contributed by atoms with Crippen molar-refractivity contribution in [2.45, 2.75) is 26.7 Å². The van der Waals surface area contributed by atoms with Crippen LogP contribution in [-0.2, 0) is 9.53 Å². The normalized spacial score (nSPS) is 11.4. The van der Waals surface area contributed by atoms with Crippen molar-refractivity contribution in [1.29, 1.82) is 0 Å². The molecule has 11 heavy (non-hydrogen) atoms. The Labute approximate surface area is 73.0 Å². The highest BCUT2D eigenvalue weighted by molar-refractivity contribution is 7.84. The van der Waals surface area contributed by atoms with Crippen molar-refractivity contribution < 1.29 is 9.53 Å². The van der Waals surface area contributed by atoms with Crippen LogP contribution >= 0.6 is 12.6 Å². The van der Waals surface area contributed by atoms with Gasteiger partial charge in [0.15, 0.2) is 0 Å². The zero-order valence-corrected chi connectivity index (χ0v) is 7.86. The number of unbranched alkanes of at least 4 members (excludes halogenated alkanes) is 1. The summed E-state index contributed by atoms with van der Waals surface area (Å²) >= 11 is 3.94. The zero-order chi connectivity index (χ0) is 8.69. The maximum atomic E-state index is 10.8. The third-order valence-electron chi connectivity index (χ3n) is 1.07. The van der Waals surface area contributed by atoms with Crippen LogP contribution < -0.4 is 0 Å². The molecule has 0 amide bonds. The molecule has 0 N–H and O–H groups in total. The van der Waals surface area contributed by atoms with Crippen LogP contribution in [0.5, 0.6) is 0 Å². The van der Waals surface area contributed by atoms with Gasteiger partial charge in [0.05, 0.1) is 6.61 Å². The Morgan fingerprint density at radius 3 is 2.73 bits per heavy atom. The Morgan fingerprint density at radius 1 is 1.64 bits per heavy atom. The Bertz CT molecular complexity index is 148. The van der Waals surface area contributed by atoms with Crippen molar-refractivity contribution in [1.82, 2.24) is 0 Å². The summed E-state index contributed by atoms with van der Waals surface area (Å²) in [6.45, 7) is 4.30. The van der Waals surface area contributed by atoms with E-state index in [4.69, 9.17) is 4.74 Å². The summed E-state index contributed by atoms with van der Waals surface area (Å²) in [5, 5.41) is 0. The van der Waals surface area contributed by atoms with Crippen LogP contribution in [0, 0.1) is 0 Å². The first-order valence-corrected chi connectivity index (χ1v) is 4.15. The van der Waals surface area contributed by atoms with Crippen LogP contribution in [0.25, 0.3) is 0 Å². The average Bonchev–Trinajstić information content (AvgIpc) is 1.86. The number of allylic oxidation sites excluding steroid dienone is 1. The summed E-state index contributed by atoms with van der Waals surface area (Å²) in [4.78, 5) is 11.5. The van der Waals surface area contributed by atoms with Gasteiger partial charge in [0, 0.05) is 6.08 Å². The van der Waals surface area contributed by atoms with Gasteiger partial charge in [-0.1, -0.05) is 13.3 Å². The molecule has 0 aromatic heterocycles. The van der Waals surface area contributed by atoms with Gasteiger partial charge in [0.1, 0.15) is 0 Å². The number of ether oxygens (including phenoxy) is 1. The number of thiol groups is 1. The van der Waals surface area contributed by atoms with E-state index in [2.05, 4.69) is 12.6 Å². The van der Waals surface area contributed by atoms with E-state index in [0.29, 0.717) is 11.5 Å². The highest BCUT2D eigenvalue weighted by atomic mass is 32.1. The molecule has 0 aromatic carbocycles. The molecular weight excluding hydrogens is 160 g/mol. The predicted octanol–water partition coefficient (Wildman–Crippen LogP) is 2.16. The van der Waals surface area contributed by atoms with Gasteiger partial charge in [-0.3, -0.25) is 0 Å². The minimum atomic E-state index is -0.300. The summed E-state index contributed by atoms with van der Waals surface area (Å²) in [7, 11) is 0. The Balaban J connectivity index is 3.46. The van der Waals surface area contributed by atoms with Gasteiger partial charge >= 0.3 is 5.97 Å². The summed E-state index contributed by atoms with van der Waals surface area (Å²) < 4.78 is 4.83. The number of hydrogen-bond donors (Lipinski definition) is 1. The second-order valence-corrected chi connectivity index (χ2v) is 3.01. The molecule has 3 heteroatoms. The standard InChI is InChI=1S/C8H14O2S/c1-3-4-5-10-8(9)6-7(2)11/h6,11H,3-5H2,1-2H3. The second kappa shape index (κ2) is 6.28. The SMILES string of the molecule is CCCCOC(=O)C=C(C)S. The van der Waals surface area contributed by atoms with E-state index in [-0.39, 0.29) is 5.97 Å². The molecule has 0 aliphatic carbocycles. The monoisotopic (exact) mass is 174 g/mol. The predicted molar refractivity (Wildman–Crippen MR) is 48.6 cm³/mol. The molecule has 0 bridgehead atoms. The molecule has 0 saturated carbocycles. The van der Waals surface area contributed by atoms with Crippen molar-refractivity contribution in [3.05, 3.63) is 11.0 Å². The molecule has 0 atom stereocenters. The molecule has 0 saturated heterocycles. The molecule has 0 aromatic rings. The highest BCUT2D eigenvalue weighted by Gasteiger charge is 1.95.